The lowest BCUT2D eigenvalue weighted by Gasteiger charge is -2.13. The number of nitrogens with one attached hydrogen (secondary N) is 1. The molecular formula is C23H25N3O2S. The van der Waals surface area contributed by atoms with Gasteiger partial charge in [-0.15, -0.1) is 12.6 Å². The van der Waals surface area contributed by atoms with Crippen LogP contribution in [-0.2, 0) is 6.42 Å². The van der Waals surface area contributed by atoms with Crippen LogP contribution >= 0.6 is 12.6 Å². The Bertz CT molecular complexity index is 1050. The minimum absolute atomic E-state index is 0.235. The maximum atomic E-state index is 11.5. The normalized spacial score (nSPS) is 10.7. The van der Waals surface area contributed by atoms with E-state index in [4.69, 9.17) is 4.74 Å². The van der Waals surface area contributed by atoms with Crippen LogP contribution in [0.3, 0.4) is 0 Å². The van der Waals surface area contributed by atoms with Gasteiger partial charge in [0, 0.05) is 23.7 Å². The number of methoxy groups -OCH3 is 1. The topological polar surface area (TPSA) is 64.1 Å². The van der Waals surface area contributed by atoms with Crippen molar-refractivity contribution in [2.45, 2.75) is 27.2 Å². The van der Waals surface area contributed by atoms with Crippen LogP contribution in [0.2, 0.25) is 0 Å². The van der Waals surface area contributed by atoms with Crippen molar-refractivity contribution in [3.63, 3.8) is 0 Å². The molecule has 0 aliphatic heterocycles. The Hall–Kier alpha value is -2.86. The molecule has 6 heteroatoms. The van der Waals surface area contributed by atoms with Crippen LogP contribution in [0, 0.1) is 20.8 Å². The van der Waals surface area contributed by atoms with Gasteiger partial charge < -0.3 is 10.1 Å². The maximum absolute atomic E-state index is 11.5. The molecule has 1 aromatic heterocycles. The van der Waals surface area contributed by atoms with Crippen molar-refractivity contribution in [2.75, 3.05) is 19.0 Å². The molecule has 0 amide bonds. The molecule has 0 aliphatic rings. The van der Waals surface area contributed by atoms with Crippen LogP contribution in [0.1, 0.15) is 32.6 Å². The highest BCUT2D eigenvalue weighted by molar-refractivity contribution is 7.97. The first-order chi connectivity index (χ1) is 13.9. The van der Waals surface area contributed by atoms with Gasteiger partial charge in [-0.2, -0.15) is 0 Å². The third-order valence-electron chi connectivity index (χ3n) is 5.02. The van der Waals surface area contributed by atoms with Gasteiger partial charge >= 0.3 is 0 Å². The molecule has 0 unspecified atom stereocenters. The Morgan fingerprint density at radius 2 is 1.79 bits per heavy atom. The van der Waals surface area contributed by atoms with Gasteiger partial charge in [-0.05, 0) is 67.6 Å². The molecule has 0 spiro atoms. The number of aryl methyl sites for hydroxylation is 3. The number of hydrogen-bond donors (Lipinski definition) is 2. The van der Waals surface area contributed by atoms with Crippen LogP contribution in [0.5, 0.6) is 5.75 Å². The lowest BCUT2D eigenvalue weighted by atomic mass is 10.0. The van der Waals surface area contributed by atoms with Crippen molar-refractivity contribution in [1.82, 2.24) is 9.97 Å². The molecule has 3 rings (SSSR count). The second-order valence-corrected chi connectivity index (χ2v) is 7.45. The molecule has 0 fully saturated rings. The van der Waals surface area contributed by atoms with Gasteiger partial charge in [0.2, 0.25) is 5.12 Å². The highest BCUT2D eigenvalue weighted by atomic mass is 32.1. The largest absolute Gasteiger partial charge is 0.496 e. The summed E-state index contributed by atoms with van der Waals surface area (Å²) in [5, 5.41) is 3.12. The predicted molar refractivity (Wildman–Crippen MR) is 120 cm³/mol. The third kappa shape index (κ3) is 4.95. The molecule has 150 valence electrons. The molecule has 0 bridgehead atoms. The van der Waals surface area contributed by atoms with Crippen LogP contribution < -0.4 is 10.1 Å². The molecular weight excluding hydrogens is 382 g/mol. The van der Waals surface area contributed by atoms with E-state index in [-0.39, 0.29) is 5.12 Å². The van der Waals surface area contributed by atoms with Crippen molar-refractivity contribution in [1.29, 1.82) is 0 Å². The fraction of sp³-hybridized carbons (Fsp3) is 0.261. The first kappa shape index (κ1) is 20.9. The Labute approximate surface area is 177 Å². The van der Waals surface area contributed by atoms with Crippen LogP contribution in [-0.4, -0.2) is 28.7 Å². The fourth-order valence-corrected chi connectivity index (χ4v) is 3.49. The monoisotopic (exact) mass is 407 g/mol. The molecule has 3 aromatic rings. The predicted octanol–water partition coefficient (Wildman–Crippen LogP) is 4.80. The SMILES string of the molecule is COc1cc(C)c(C)cc1CCNc1cc(-c2ccc(C(=O)S)c(C)c2)ncn1. The molecule has 5 nitrogen and oxygen atoms in total. The van der Waals surface area contributed by atoms with Crippen LogP contribution in [0.4, 0.5) is 5.82 Å². The zero-order valence-electron chi connectivity index (χ0n) is 17.1. The van der Waals surface area contributed by atoms with Gasteiger partial charge in [-0.1, -0.05) is 12.1 Å². The zero-order chi connectivity index (χ0) is 21.0. The molecule has 0 radical (unpaired) electrons. The molecule has 0 saturated carbocycles. The van der Waals surface area contributed by atoms with E-state index in [0.29, 0.717) is 5.56 Å². The summed E-state index contributed by atoms with van der Waals surface area (Å²) < 4.78 is 5.52. The number of carbonyl (C=O) groups is 1. The Balaban J connectivity index is 1.72. The molecule has 2 aromatic carbocycles. The number of nitrogens with zero attached hydrogens (tertiary/aromatic N) is 2. The maximum Gasteiger partial charge on any atom is 0.216 e. The van der Waals surface area contributed by atoms with Gasteiger partial charge in [0.1, 0.15) is 17.9 Å². The number of anilines is 1. The van der Waals surface area contributed by atoms with Gasteiger partial charge in [-0.25, -0.2) is 9.97 Å². The average molecular weight is 408 g/mol. The summed E-state index contributed by atoms with van der Waals surface area (Å²) in [5.41, 5.74) is 6.85. The van der Waals surface area contributed by atoms with E-state index < -0.39 is 0 Å². The standard InChI is InChI=1S/C23H25N3O2S/c1-14-9-18(21(28-4)11-15(14)2)7-8-24-22-12-20(25-13-26-22)17-5-6-19(23(27)29)16(3)10-17/h5-6,9-13H,7-8H2,1-4H3,(H,27,29)(H,24,25,26). The van der Waals surface area contributed by atoms with E-state index in [9.17, 15) is 4.79 Å². The number of rotatable bonds is 7. The van der Waals surface area contributed by atoms with E-state index in [1.54, 1.807) is 19.5 Å². The van der Waals surface area contributed by atoms with Crippen LogP contribution in [0.15, 0.2) is 42.7 Å². The summed E-state index contributed by atoms with van der Waals surface area (Å²) >= 11 is 3.91. The molecule has 0 atom stereocenters. The van der Waals surface area contributed by atoms with Gasteiger partial charge in [0.15, 0.2) is 0 Å². The summed E-state index contributed by atoms with van der Waals surface area (Å²) in [5.74, 6) is 1.66. The Morgan fingerprint density at radius 3 is 2.48 bits per heavy atom. The highest BCUT2D eigenvalue weighted by Gasteiger charge is 2.09. The molecule has 0 saturated heterocycles. The second-order valence-electron chi connectivity index (χ2n) is 7.05. The van der Waals surface area contributed by atoms with E-state index in [1.807, 2.05) is 25.1 Å². The summed E-state index contributed by atoms with van der Waals surface area (Å²) in [7, 11) is 1.70. The van der Waals surface area contributed by atoms with Crippen molar-refractivity contribution in [3.05, 3.63) is 70.5 Å². The zero-order valence-corrected chi connectivity index (χ0v) is 18.0. The Morgan fingerprint density at radius 1 is 1.03 bits per heavy atom. The summed E-state index contributed by atoms with van der Waals surface area (Å²) in [4.78, 5) is 20.2. The van der Waals surface area contributed by atoms with Crippen molar-refractivity contribution < 1.29 is 9.53 Å². The fourth-order valence-electron chi connectivity index (χ4n) is 3.23. The molecule has 1 N–H and O–H groups in total. The number of hydrogen-bond acceptors (Lipinski definition) is 5. The van der Waals surface area contributed by atoms with Crippen molar-refractivity contribution in [2.24, 2.45) is 0 Å². The van der Waals surface area contributed by atoms with Gasteiger partial charge in [0.25, 0.3) is 0 Å². The second kappa shape index (κ2) is 9.09. The number of benzene rings is 2. The number of ether oxygens (including phenoxy) is 1. The minimum atomic E-state index is -0.235. The first-order valence-corrected chi connectivity index (χ1v) is 9.88. The summed E-state index contributed by atoms with van der Waals surface area (Å²) in [6.45, 7) is 6.81. The first-order valence-electron chi connectivity index (χ1n) is 9.43. The van der Waals surface area contributed by atoms with E-state index >= 15 is 0 Å². The number of carbonyl (C=O) groups excluding carboxylic acids is 1. The lowest BCUT2D eigenvalue weighted by molar-refractivity contribution is 0.109. The molecule has 1 heterocycles. The van der Waals surface area contributed by atoms with Gasteiger partial charge in [0.05, 0.1) is 12.8 Å². The van der Waals surface area contributed by atoms with Crippen molar-refractivity contribution in [3.8, 4) is 17.0 Å². The average Bonchev–Trinajstić information content (AvgIpc) is 2.70. The van der Waals surface area contributed by atoms with E-state index in [2.05, 4.69) is 53.9 Å². The number of aromatic nitrogens is 2. The summed E-state index contributed by atoms with van der Waals surface area (Å²) in [6, 6.07) is 11.8. The van der Waals surface area contributed by atoms with E-state index in [1.165, 1.54) is 16.7 Å². The quantitative estimate of drug-likeness (QED) is 0.551. The highest BCUT2D eigenvalue weighted by Crippen LogP contribution is 2.25. The Kier molecular flexibility index (Phi) is 6.54. The van der Waals surface area contributed by atoms with E-state index in [0.717, 1.165) is 41.4 Å². The molecule has 29 heavy (non-hydrogen) atoms. The minimum Gasteiger partial charge on any atom is -0.496 e. The molecule has 0 aliphatic carbocycles. The summed E-state index contributed by atoms with van der Waals surface area (Å²) in [6.07, 6.45) is 2.36. The third-order valence-corrected chi connectivity index (χ3v) is 5.26. The lowest BCUT2D eigenvalue weighted by Crippen LogP contribution is -2.08. The smallest absolute Gasteiger partial charge is 0.216 e. The van der Waals surface area contributed by atoms with Gasteiger partial charge in [-0.3, -0.25) is 4.79 Å². The van der Waals surface area contributed by atoms with Crippen LogP contribution in [0.25, 0.3) is 11.3 Å². The van der Waals surface area contributed by atoms with Crippen molar-refractivity contribution >= 4 is 23.6 Å². The number of thiol groups is 1.